The van der Waals surface area contributed by atoms with Gasteiger partial charge in [0.05, 0.1) is 0 Å². The highest BCUT2D eigenvalue weighted by Crippen LogP contribution is 2.08. The second-order valence-corrected chi connectivity index (χ2v) is 3.92. The van der Waals surface area contributed by atoms with Crippen molar-refractivity contribution in [3.8, 4) is 0 Å². The van der Waals surface area contributed by atoms with Crippen molar-refractivity contribution in [1.29, 1.82) is 0 Å². The van der Waals surface area contributed by atoms with Gasteiger partial charge in [0.25, 0.3) is 0 Å². The molecule has 2 nitrogen and oxygen atoms in total. The minimum atomic E-state index is 0.622. The lowest BCUT2D eigenvalue weighted by Gasteiger charge is -2.06. The lowest BCUT2D eigenvalue weighted by molar-refractivity contribution is 0.776. The van der Waals surface area contributed by atoms with Crippen LogP contribution in [0.2, 0.25) is 0 Å². The first-order valence-corrected chi connectivity index (χ1v) is 4.82. The van der Waals surface area contributed by atoms with Crippen molar-refractivity contribution in [2.75, 3.05) is 25.9 Å². The third kappa shape index (κ3) is 6.39. The second-order valence-electron chi connectivity index (χ2n) is 2.37. The van der Waals surface area contributed by atoms with Crippen LogP contribution in [0, 0.1) is 0 Å². The molecule has 0 aliphatic rings. The summed E-state index contributed by atoms with van der Waals surface area (Å²) < 4.78 is 0. The SMILES string of the molecule is CNCCCSC(C)CN. The Balaban J connectivity index is 2.89. The molecular weight excluding hydrogens is 144 g/mol. The molecule has 0 bridgehead atoms. The summed E-state index contributed by atoms with van der Waals surface area (Å²) in [5.74, 6) is 1.22. The molecule has 1 unspecified atom stereocenters. The first kappa shape index (κ1) is 10.3. The normalized spacial score (nSPS) is 13.5. The van der Waals surface area contributed by atoms with E-state index >= 15 is 0 Å². The van der Waals surface area contributed by atoms with Gasteiger partial charge in [-0.05, 0) is 25.8 Å². The van der Waals surface area contributed by atoms with E-state index in [4.69, 9.17) is 5.73 Å². The molecule has 0 spiro atoms. The van der Waals surface area contributed by atoms with E-state index in [0.717, 1.165) is 13.1 Å². The van der Waals surface area contributed by atoms with E-state index in [0.29, 0.717) is 5.25 Å². The Bertz CT molecular complexity index is 68.6. The van der Waals surface area contributed by atoms with Crippen molar-refractivity contribution >= 4 is 11.8 Å². The highest BCUT2D eigenvalue weighted by Gasteiger charge is 1.96. The topological polar surface area (TPSA) is 38.0 Å². The van der Waals surface area contributed by atoms with Crippen LogP contribution < -0.4 is 11.1 Å². The third-order valence-corrected chi connectivity index (χ3v) is 2.59. The molecule has 0 fully saturated rings. The zero-order valence-electron chi connectivity index (χ0n) is 6.89. The first-order chi connectivity index (χ1) is 4.81. The Labute approximate surface area is 67.9 Å². The van der Waals surface area contributed by atoms with E-state index in [1.807, 2.05) is 18.8 Å². The fourth-order valence-corrected chi connectivity index (χ4v) is 1.45. The summed E-state index contributed by atoms with van der Waals surface area (Å²) in [4.78, 5) is 0. The van der Waals surface area contributed by atoms with E-state index in [1.165, 1.54) is 12.2 Å². The van der Waals surface area contributed by atoms with Crippen molar-refractivity contribution in [2.45, 2.75) is 18.6 Å². The van der Waals surface area contributed by atoms with Crippen molar-refractivity contribution in [3.63, 3.8) is 0 Å². The highest BCUT2D eigenvalue weighted by molar-refractivity contribution is 7.99. The number of hydrogen-bond acceptors (Lipinski definition) is 3. The molecule has 0 rings (SSSR count). The van der Waals surface area contributed by atoms with Gasteiger partial charge < -0.3 is 11.1 Å². The summed E-state index contributed by atoms with van der Waals surface area (Å²) in [5, 5.41) is 3.74. The molecule has 0 heterocycles. The average Bonchev–Trinajstić information content (AvgIpc) is 1.98. The maximum absolute atomic E-state index is 5.45. The van der Waals surface area contributed by atoms with Gasteiger partial charge in [0.2, 0.25) is 0 Å². The van der Waals surface area contributed by atoms with Gasteiger partial charge in [0.15, 0.2) is 0 Å². The molecule has 0 aromatic heterocycles. The van der Waals surface area contributed by atoms with Crippen LogP contribution in [0.3, 0.4) is 0 Å². The van der Waals surface area contributed by atoms with Gasteiger partial charge in [-0.15, -0.1) is 0 Å². The van der Waals surface area contributed by atoms with Gasteiger partial charge in [0.1, 0.15) is 0 Å². The van der Waals surface area contributed by atoms with Gasteiger partial charge in [-0.1, -0.05) is 6.92 Å². The predicted molar refractivity (Wildman–Crippen MR) is 49.5 cm³/mol. The van der Waals surface area contributed by atoms with E-state index in [2.05, 4.69) is 12.2 Å². The standard InChI is InChI=1S/C7H18N2S/c1-7(6-8)10-5-3-4-9-2/h7,9H,3-6,8H2,1-2H3. The largest absolute Gasteiger partial charge is 0.329 e. The Hall–Kier alpha value is 0.270. The summed E-state index contributed by atoms with van der Waals surface area (Å²) in [6, 6.07) is 0. The molecule has 0 aromatic rings. The van der Waals surface area contributed by atoms with Gasteiger partial charge in [-0.3, -0.25) is 0 Å². The van der Waals surface area contributed by atoms with Crippen LogP contribution in [0.25, 0.3) is 0 Å². The van der Waals surface area contributed by atoms with Crippen LogP contribution in [-0.2, 0) is 0 Å². The number of nitrogens with two attached hydrogens (primary N) is 1. The summed E-state index contributed by atoms with van der Waals surface area (Å²) in [7, 11) is 1.98. The first-order valence-electron chi connectivity index (χ1n) is 3.77. The minimum Gasteiger partial charge on any atom is -0.329 e. The van der Waals surface area contributed by atoms with Gasteiger partial charge >= 0.3 is 0 Å². The molecule has 0 amide bonds. The van der Waals surface area contributed by atoms with Crippen molar-refractivity contribution in [2.24, 2.45) is 5.73 Å². The molecule has 0 aliphatic heterocycles. The molecule has 0 aromatic carbocycles. The number of thioether (sulfide) groups is 1. The summed E-state index contributed by atoms with van der Waals surface area (Å²) in [6.07, 6.45) is 1.24. The molecular formula is C7H18N2S. The van der Waals surface area contributed by atoms with Crippen LogP contribution in [0.15, 0.2) is 0 Å². The molecule has 0 radical (unpaired) electrons. The van der Waals surface area contributed by atoms with Crippen LogP contribution in [0.1, 0.15) is 13.3 Å². The van der Waals surface area contributed by atoms with Crippen LogP contribution in [0.4, 0.5) is 0 Å². The van der Waals surface area contributed by atoms with Crippen molar-refractivity contribution in [1.82, 2.24) is 5.32 Å². The van der Waals surface area contributed by atoms with E-state index in [1.54, 1.807) is 0 Å². The lowest BCUT2D eigenvalue weighted by Crippen LogP contribution is -2.14. The fourth-order valence-electron chi connectivity index (χ4n) is 0.602. The molecule has 3 heteroatoms. The minimum absolute atomic E-state index is 0.622. The molecule has 1 atom stereocenters. The smallest absolute Gasteiger partial charge is 0.0141 e. The monoisotopic (exact) mass is 162 g/mol. The van der Waals surface area contributed by atoms with E-state index in [9.17, 15) is 0 Å². The number of hydrogen-bond donors (Lipinski definition) is 2. The van der Waals surface area contributed by atoms with Gasteiger partial charge in [-0.2, -0.15) is 11.8 Å². The van der Waals surface area contributed by atoms with E-state index in [-0.39, 0.29) is 0 Å². The van der Waals surface area contributed by atoms with Crippen molar-refractivity contribution < 1.29 is 0 Å². The number of rotatable bonds is 6. The zero-order chi connectivity index (χ0) is 7.82. The Morgan fingerprint density at radius 1 is 1.60 bits per heavy atom. The predicted octanol–water partition coefficient (Wildman–Crippen LogP) is 0.676. The van der Waals surface area contributed by atoms with Crippen LogP contribution in [-0.4, -0.2) is 31.1 Å². The summed E-state index contributed by atoms with van der Waals surface area (Å²) in [5.41, 5.74) is 5.45. The summed E-state index contributed by atoms with van der Waals surface area (Å²) in [6.45, 7) is 4.08. The Morgan fingerprint density at radius 3 is 2.80 bits per heavy atom. The molecule has 0 aliphatic carbocycles. The van der Waals surface area contributed by atoms with Crippen LogP contribution >= 0.6 is 11.8 Å². The molecule has 3 N–H and O–H groups in total. The molecule has 10 heavy (non-hydrogen) atoms. The number of nitrogens with one attached hydrogen (secondary N) is 1. The lowest BCUT2D eigenvalue weighted by atomic mass is 10.5. The zero-order valence-corrected chi connectivity index (χ0v) is 7.71. The Kier molecular flexibility index (Phi) is 7.58. The average molecular weight is 162 g/mol. The Morgan fingerprint density at radius 2 is 2.30 bits per heavy atom. The third-order valence-electron chi connectivity index (χ3n) is 1.31. The molecule has 0 saturated heterocycles. The molecule has 0 saturated carbocycles. The fraction of sp³-hybridized carbons (Fsp3) is 1.00. The van der Waals surface area contributed by atoms with Crippen molar-refractivity contribution in [3.05, 3.63) is 0 Å². The summed E-state index contributed by atoms with van der Waals surface area (Å²) >= 11 is 1.95. The molecule has 62 valence electrons. The second kappa shape index (κ2) is 7.38. The van der Waals surface area contributed by atoms with Crippen LogP contribution in [0.5, 0.6) is 0 Å². The van der Waals surface area contributed by atoms with E-state index < -0.39 is 0 Å². The maximum Gasteiger partial charge on any atom is 0.0141 e. The highest BCUT2D eigenvalue weighted by atomic mass is 32.2. The van der Waals surface area contributed by atoms with Gasteiger partial charge in [-0.25, -0.2) is 0 Å². The maximum atomic E-state index is 5.45. The van der Waals surface area contributed by atoms with Gasteiger partial charge in [0, 0.05) is 11.8 Å². The quantitative estimate of drug-likeness (QED) is 0.564.